The normalized spacial score (nSPS) is 13.9. The quantitative estimate of drug-likeness (QED) is 0.443. The number of anilines is 2. The lowest BCUT2D eigenvalue weighted by Gasteiger charge is -2.36. The minimum absolute atomic E-state index is 0.129. The van der Waals surface area contributed by atoms with Gasteiger partial charge in [-0.1, -0.05) is 24.3 Å². The first-order valence-electron chi connectivity index (χ1n) is 11.8. The van der Waals surface area contributed by atoms with E-state index < -0.39 is 0 Å². The molecule has 0 unspecified atom stereocenters. The molecule has 0 atom stereocenters. The van der Waals surface area contributed by atoms with Crippen LogP contribution in [0.2, 0.25) is 0 Å². The van der Waals surface area contributed by atoms with E-state index in [9.17, 15) is 4.79 Å². The number of carbonyl (C=O) groups excluding carboxylic acids is 1. The third-order valence-corrected chi connectivity index (χ3v) is 6.36. The summed E-state index contributed by atoms with van der Waals surface area (Å²) in [4.78, 5) is 17.8. The van der Waals surface area contributed by atoms with Gasteiger partial charge in [-0.2, -0.15) is 5.26 Å². The number of nitrogens with one attached hydrogen (secondary N) is 1. The summed E-state index contributed by atoms with van der Waals surface area (Å²) >= 11 is 0. The van der Waals surface area contributed by atoms with Crippen molar-refractivity contribution >= 4 is 17.3 Å². The fourth-order valence-electron chi connectivity index (χ4n) is 4.50. The van der Waals surface area contributed by atoms with E-state index in [1.54, 1.807) is 0 Å². The van der Waals surface area contributed by atoms with Crippen LogP contribution in [0.25, 0.3) is 5.69 Å². The highest BCUT2D eigenvalue weighted by Crippen LogP contribution is 2.22. The van der Waals surface area contributed by atoms with Gasteiger partial charge in [-0.25, -0.2) is 0 Å². The van der Waals surface area contributed by atoms with E-state index in [0.29, 0.717) is 11.1 Å². The van der Waals surface area contributed by atoms with Gasteiger partial charge in [0.1, 0.15) is 0 Å². The number of nitriles is 1. The molecular formula is C29H27N5O. The van der Waals surface area contributed by atoms with Crippen LogP contribution in [0.4, 0.5) is 11.4 Å². The molecule has 5 rings (SSSR count). The zero-order valence-electron chi connectivity index (χ0n) is 19.5. The minimum Gasteiger partial charge on any atom is -0.369 e. The Labute approximate surface area is 205 Å². The molecule has 0 radical (unpaired) electrons. The maximum absolute atomic E-state index is 13.0. The molecule has 2 heterocycles. The molecule has 1 amide bonds. The number of piperazine rings is 1. The standard InChI is InChI=1S/C29H27N5O/c30-21-23-6-5-7-24(20-23)22-32-16-18-33(19-17-32)26-12-10-25(11-13-26)31-29(35)27-8-1-2-9-28(27)34-14-3-4-15-34/h1-15,20H,16-19,22H2,(H,31,35). The van der Waals surface area contributed by atoms with E-state index in [4.69, 9.17) is 5.26 Å². The lowest BCUT2D eigenvalue weighted by Crippen LogP contribution is -2.45. The minimum atomic E-state index is -0.129. The molecule has 1 aromatic heterocycles. The molecule has 1 N–H and O–H groups in total. The lowest BCUT2D eigenvalue weighted by atomic mass is 10.1. The molecule has 0 saturated carbocycles. The average Bonchev–Trinajstić information content (AvgIpc) is 3.45. The summed E-state index contributed by atoms with van der Waals surface area (Å²) in [6, 6.07) is 29.6. The third-order valence-electron chi connectivity index (χ3n) is 6.36. The maximum Gasteiger partial charge on any atom is 0.257 e. The number of carbonyl (C=O) groups is 1. The Morgan fingerprint density at radius 2 is 1.60 bits per heavy atom. The van der Waals surface area contributed by atoms with Crippen LogP contribution in [0.3, 0.4) is 0 Å². The van der Waals surface area contributed by atoms with Crippen LogP contribution in [0.1, 0.15) is 21.5 Å². The van der Waals surface area contributed by atoms with Gasteiger partial charge in [0.2, 0.25) is 0 Å². The third kappa shape index (κ3) is 5.26. The van der Waals surface area contributed by atoms with Gasteiger partial charge in [0, 0.05) is 56.5 Å². The van der Waals surface area contributed by atoms with Gasteiger partial charge < -0.3 is 14.8 Å². The topological polar surface area (TPSA) is 64.3 Å². The van der Waals surface area contributed by atoms with Gasteiger partial charge in [-0.05, 0) is 66.2 Å². The molecule has 0 bridgehead atoms. The van der Waals surface area contributed by atoms with E-state index >= 15 is 0 Å². The van der Waals surface area contributed by atoms with Crippen molar-refractivity contribution in [1.29, 1.82) is 5.26 Å². The molecule has 1 aliphatic heterocycles. The van der Waals surface area contributed by atoms with Crippen LogP contribution in [-0.2, 0) is 6.54 Å². The van der Waals surface area contributed by atoms with Crippen molar-refractivity contribution in [3.05, 3.63) is 114 Å². The molecule has 1 aliphatic rings. The predicted molar refractivity (Wildman–Crippen MR) is 139 cm³/mol. The number of rotatable bonds is 6. The maximum atomic E-state index is 13.0. The fraction of sp³-hybridized carbons (Fsp3) is 0.172. The summed E-state index contributed by atoms with van der Waals surface area (Å²) in [6.45, 7) is 4.66. The highest BCUT2D eigenvalue weighted by Gasteiger charge is 2.18. The lowest BCUT2D eigenvalue weighted by molar-refractivity contribution is 0.102. The van der Waals surface area contributed by atoms with Gasteiger partial charge in [0.15, 0.2) is 0 Å². The molecule has 0 spiro atoms. The number of hydrogen-bond donors (Lipinski definition) is 1. The van der Waals surface area contributed by atoms with E-state index in [2.05, 4.69) is 39.4 Å². The van der Waals surface area contributed by atoms with E-state index in [1.807, 2.05) is 83.7 Å². The smallest absolute Gasteiger partial charge is 0.257 e. The van der Waals surface area contributed by atoms with Crippen LogP contribution >= 0.6 is 0 Å². The Balaban J connectivity index is 1.18. The summed E-state index contributed by atoms with van der Waals surface area (Å²) in [6.07, 6.45) is 3.87. The van der Waals surface area contributed by atoms with Gasteiger partial charge in [0.25, 0.3) is 5.91 Å². The SMILES string of the molecule is N#Cc1cccc(CN2CCN(c3ccc(NC(=O)c4ccccc4-n4cccc4)cc3)CC2)c1. The van der Waals surface area contributed by atoms with Crippen molar-refractivity contribution in [2.75, 3.05) is 36.4 Å². The van der Waals surface area contributed by atoms with Gasteiger partial charge in [0.05, 0.1) is 22.9 Å². The number of para-hydroxylation sites is 1. The average molecular weight is 462 g/mol. The van der Waals surface area contributed by atoms with Crippen molar-refractivity contribution in [2.24, 2.45) is 0 Å². The van der Waals surface area contributed by atoms with Crippen molar-refractivity contribution < 1.29 is 4.79 Å². The molecule has 6 heteroatoms. The van der Waals surface area contributed by atoms with Gasteiger partial charge >= 0.3 is 0 Å². The molecule has 1 fully saturated rings. The first-order valence-corrected chi connectivity index (χ1v) is 11.8. The molecular weight excluding hydrogens is 434 g/mol. The fourth-order valence-corrected chi connectivity index (χ4v) is 4.50. The predicted octanol–water partition coefficient (Wildman–Crippen LogP) is 4.92. The van der Waals surface area contributed by atoms with Crippen LogP contribution in [0.15, 0.2) is 97.3 Å². The highest BCUT2D eigenvalue weighted by molar-refractivity contribution is 6.06. The van der Waals surface area contributed by atoms with Gasteiger partial charge in [-0.3, -0.25) is 9.69 Å². The molecule has 35 heavy (non-hydrogen) atoms. The zero-order valence-corrected chi connectivity index (χ0v) is 19.5. The molecule has 174 valence electrons. The van der Waals surface area contributed by atoms with Crippen molar-refractivity contribution in [2.45, 2.75) is 6.54 Å². The Kier molecular flexibility index (Phi) is 6.60. The van der Waals surface area contributed by atoms with Gasteiger partial charge in [-0.15, -0.1) is 0 Å². The monoisotopic (exact) mass is 461 g/mol. The van der Waals surface area contributed by atoms with E-state index in [1.165, 1.54) is 5.56 Å². The molecule has 0 aliphatic carbocycles. The highest BCUT2D eigenvalue weighted by atomic mass is 16.1. The number of hydrogen-bond acceptors (Lipinski definition) is 4. The van der Waals surface area contributed by atoms with Crippen LogP contribution in [-0.4, -0.2) is 41.6 Å². The molecule has 3 aromatic carbocycles. The van der Waals surface area contributed by atoms with Crippen LogP contribution in [0, 0.1) is 11.3 Å². The summed E-state index contributed by atoms with van der Waals surface area (Å²) in [5, 5.41) is 12.1. The number of benzene rings is 3. The summed E-state index contributed by atoms with van der Waals surface area (Å²) in [5.74, 6) is -0.129. The van der Waals surface area contributed by atoms with Crippen LogP contribution < -0.4 is 10.2 Å². The first-order chi connectivity index (χ1) is 17.2. The number of aromatic nitrogens is 1. The Bertz CT molecular complexity index is 1330. The largest absolute Gasteiger partial charge is 0.369 e. The van der Waals surface area contributed by atoms with Crippen molar-refractivity contribution in [3.8, 4) is 11.8 Å². The Hall–Kier alpha value is -4.34. The summed E-state index contributed by atoms with van der Waals surface area (Å²) < 4.78 is 1.94. The van der Waals surface area contributed by atoms with Crippen molar-refractivity contribution in [1.82, 2.24) is 9.47 Å². The summed E-state index contributed by atoms with van der Waals surface area (Å²) in [7, 11) is 0. The first kappa shape index (κ1) is 22.5. The van der Waals surface area contributed by atoms with E-state index in [-0.39, 0.29) is 5.91 Å². The summed E-state index contributed by atoms with van der Waals surface area (Å²) in [5.41, 5.74) is 5.30. The Morgan fingerprint density at radius 1 is 0.857 bits per heavy atom. The molecule has 4 aromatic rings. The molecule has 1 saturated heterocycles. The number of amides is 1. The zero-order chi connectivity index (χ0) is 24.0. The molecule has 6 nitrogen and oxygen atoms in total. The second-order valence-electron chi connectivity index (χ2n) is 8.68. The van der Waals surface area contributed by atoms with Crippen LogP contribution in [0.5, 0.6) is 0 Å². The van der Waals surface area contributed by atoms with E-state index in [0.717, 1.165) is 49.8 Å². The van der Waals surface area contributed by atoms with Crippen molar-refractivity contribution in [3.63, 3.8) is 0 Å². The second kappa shape index (κ2) is 10.3. The second-order valence-corrected chi connectivity index (χ2v) is 8.68. The Morgan fingerprint density at radius 3 is 2.34 bits per heavy atom. The number of nitrogens with zero attached hydrogens (tertiary/aromatic N) is 4.